The van der Waals surface area contributed by atoms with Gasteiger partial charge >= 0.3 is 5.97 Å². The number of carboxylic acids is 1. The molecule has 3 rings (SSSR count). The molecule has 1 heterocycles. The zero-order chi connectivity index (χ0) is 16.9. The third kappa shape index (κ3) is 3.44. The van der Waals surface area contributed by atoms with Gasteiger partial charge in [-0.3, -0.25) is 10.1 Å². The summed E-state index contributed by atoms with van der Waals surface area (Å²) >= 11 is 0. The second-order valence-corrected chi connectivity index (χ2v) is 5.39. The summed E-state index contributed by atoms with van der Waals surface area (Å²) in [6.45, 7) is 1.32. The van der Waals surface area contributed by atoms with Gasteiger partial charge in [-0.1, -0.05) is 30.3 Å². The molecule has 0 aliphatic carbocycles. The van der Waals surface area contributed by atoms with E-state index in [1.54, 1.807) is 19.2 Å². The van der Waals surface area contributed by atoms with E-state index in [0.717, 1.165) is 5.56 Å². The second-order valence-electron chi connectivity index (χ2n) is 5.39. The summed E-state index contributed by atoms with van der Waals surface area (Å²) in [6, 6.07) is 11.9. The van der Waals surface area contributed by atoms with E-state index in [-0.39, 0.29) is 0 Å². The second kappa shape index (κ2) is 7.23. The van der Waals surface area contributed by atoms with Gasteiger partial charge < -0.3 is 19.3 Å². The Labute approximate surface area is 140 Å². The first-order valence-electron chi connectivity index (χ1n) is 7.66. The Bertz CT molecular complexity index is 700. The number of hydrogen-bond donors (Lipinski definition) is 2. The highest BCUT2D eigenvalue weighted by molar-refractivity contribution is 5.75. The van der Waals surface area contributed by atoms with Gasteiger partial charge in [0.1, 0.15) is 19.3 Å². The molecule has 6 nitrogen and oxygen atoms in total. The average Bonchev–Trinajstić information content (AvgIpc) is 2.61. The Morgan fingerprint density at radius 1 is 1.25 bits per heavy atom. The summed E-state index contributed by atoms with van der Waals surface area (Å²) in [5.41, 5.74) is 1.56. The van der Waals surface area contributed by atoms with Crippen LogP contribution in [0.1, 0.15) is 17.2 Å². The van der Waals surface area contributed by atoms with Crippen LogP contribution in [0.15, 0.2) is 42.5 Å². The van der Waals surface area contributed by atoms with Crippen molar-refractivity contribution in [1.82, 2.24) is 5.32 Å². The van der Waals surface area contributed by atoms with E-state index in [0.29, 0.717) is 42.6 Å². The molecule has 126 valence electrons. The fourth-order valence-electron chi connectivity index (χ4n) is 2.64. The molecule has 2 aromatic carbocycles. The lowest BCUT2D eigenvalue weighted by Gasteiger charge is -2.22. The molecule has 0 fully saturated rings. The predicted octanol–water partition coefficient (Wildman–Crippen LogP) is 2.38. The first kappa shape index (κ1) is 16.1. The van der Waals surface area contributed by atoms with Crippen LogP contribution in [0.3, 0.4) is 0 Å². The zero-order valence-electron chi connectivity index (χ0n) is 13.3. The summed E-state index contributed by atoms with van der Waals surface area (Å²) in [7, 11) is 1.56. The van der Waals surface area contributed by atoms with E-state index in [1.807, 2.05) is 30.3 Å². The minimum Gasteiger partial charge on any atom is -0.493 e. The summed E-state index contributed by atoms with van der Waals surface area (Å²) in [5, 5.41) is 12.5. The van der Waals surface area contributed by atoms with Crippen LogP contribution >= 0.6 is 0 Å². The minimum absolute atomic E-state index is 0.360. The van der Waals surface area contributed by atoms with Crippen LogP contribution in [0, 0.1) is 0 Å². The lowest BCUT2D eigenvalue weighted by Crippen LogP contribution is -2.28. The highest BCUT2D eigenvalue weighted by Crippen LogP contribution is 2.40. The molecule has 2 N–H and O–H groups in total. The molecule has 0 saturated heterocycles. The summed E-state index contributed by atoms with van der Waals surface area (Å²) in [4.78, 5) is 11.5. The number of benzene rings is 2. The van der Waals surface area contributed by atoms with Crippen molar-refractivity contribution in [3.05, 3.63) is 53.6 Å². The van der Waals surface area contributed by atoms with Gasteiger partial charge in [0.15, 0.2) is 11.5 Å². The standard InChI is InChI=1S/C18H19NO5/c1-22-14-9-12(10-15-17(14)24-8-7-23-15)11-19-16(18(20)21)13-5-3-2-4-6-13/h2-6,9-10,16,19H,7-8,11H2,1H3,(H,20,21)/t16-/m1/s1. The fourth-order valence-corrected chi connectivity index (χ4v) is 2.64. The molecular weight excluding hydrogens is 310 g/mol. The molecule has 24 heavy (non-hydrogen) atoms. The Kier molecular flexibility index (Phi) is 4.86. The number of methoxy groups -OCH3 is 1. The monoisotopic (exact) mass is 329 g/mol. The molecule has 0 unspecified atom stereocenters. The van der Waals surface area contributed by atoms with Gasteiger partial charge in [-0.05, 0) is 23.3 Å². The largest absolute Gasteiger partial charge is 0.493 e. The molecule has 6 heteroatoms. The minimum atomic E-state index is -0.925. The third-order valence-corrected chi connectivity index (χ3v) is 3.78. The van der Waals surface area contributed by atoms with Gasteiger partial charge in [-0.15, -0.1) is 0 Å². The van der Waals surface area contributed by atoms with Crippen molar-refractivity contribution >= 4 is 5.97 Å². The molecule has 0 spiro atoms. The van der Waals surface area contributed by atoms with Crippen LogP contribution in [-0.4, -0.2) is 31.4 Å². The highest BCUT2D eigenvalue weighted by atomic mass is 16.6. The van der Waals surface area contributed by atoms with Crippen LogP contribution in [0.4, 0.5) is 0 Å². The van der Waals surface area contributed by atoms with Crippen LogP contribution < -0.4 is 19.5 Å². The van der Waals surface area contributed by atoms with Crippen LogP contribution in [0.5, 0.6) is 17.2 Å². The molecule has 2 aromatic rings. The first-order valence-corrected chi connectivity index (χ1v) is 7.66. The number of ether oxygens (including phenoxy) is 3. The van der Waals surface area contributed by atoms with Crippen LogP contribution in [0.2, 0.25) is 0 Å². The molecule has 1 aliphatic rings. The third-order valence-electron chi connectivity index (χ3n) is 3.78. The summed E-state index contributed by atoms with van der Waals surface area (Å²) < 4.78 is 16.5. The summed E-state index contributed by atoms with van der Waals surface area (Å²) in [5.74, 6) is 0.857. The number of hydrogen-bond acceptors (Lipinski definition) is 5. The van der Waals surface area contributed by atoms with E-state index in [1.165, 1.54) is 0 Å². The van der Waals surface area contributed by atoms with Gasteiger partial charge in [0.05, 0.1) is 7.11 Å². The quantitative estimate of drug-likeness (QED) is 0.847. The van der Waals surface area contributed by atoms with E-state index in [2.05, 4.69) is 5.32 Å². The number of fused-ring (bicyclic) bond motifs is 1. The molecule has 0 amide bonds. The van der Waals surface area contributed by atoms with Gasteiger partial charge in [0, 0.05) is 6.54 Å². The molecule has 1 atom stereocenters. The van der Waals surface area contributed by atoms with Gasteiger partial charge in [-0.25, -0.2) is 0 Å². The van der Waals surface area contributed by atoms with Gasteiger partial charge in [0.2, 0.25) is 5.75 Å². The van der Waals surface area contributed by atoms with Gasteiger partial charge in [0.25, 0.3) is 0 Å². The smallest absolute Gasteiger partial charge is 0.325 e. The molecule has 0 saturated carbocycles. The number of nitrogens with one attached hydrogen (secondary N) is 1. The summed E-state index contributed by atoms with van der Waals surface area (Å²) in [6.07, 6.45) is 0. The van der Waals surface area contributed by atoms with E-state index >= 15 is 0 Å². The van der Waals surface area contributed by atoms with E-state index < -0.39 is 12.0 Å². The Morgan fingerprint density at radius 2 is 2.00 bits per heavy atom. The molecule has 0 radical (unpaired) electrons. The first-order chi connectivity index (χ1) is 11.7. The number of rotatable bonds is 6. The Balaban J connectivity index is 1.79. The maximum Gasteiger partial charge on any atom is 0.325 e. The van der Waals surface area contributed by atoms with Crippen LogP contribution in [0.25, 0.3) is 0 Å². The van der Waals surface area contributed by atoms with Crippen molar-refractivity contribution in [2.45, 2.75) is 12.6 Å². The maximum absolute atomic E-state index is 11.5. The van der Waals surface area contributed by atoms with Crippen molar-refractivity contribution in [2.24, 2.45) is 0 Å². The van der Waals surface area contributed by atoms with Crippen molar-refractivity contribution in [1.29, 1.82) is 0 Å². The Morgan fingerprint density at radius 3 is 2.71 bits per heavy atom. The topological polar surface area (TPSA) is 77.0 Å². The van der Waals surface area contributed by atoms with E-state index in [9.17, 15) is 9.90 Å². The zero-order valence-corrected chi connectivity index (χ0v) is 13.3. The highest BCUT2D eigenvalue weighted by Gasteiger charge is 2.21. The van der Waals surface area contributed by atoms with Crippen LogP contribution in [-0.2, 0) is 11.3 Å². The average molecular weight is 329 g/mol. The number of carboxylic acid groups (broad SMARTS) is 1. The molecule has 1 aliphatic heterocycles. The van der Waals surface area contributed by atoms with Gasteiger partial charge in [-0.2, -0.15) is 0 Å². The number of carbonyl (C=O) groups is 1. The normalized spacial score (nSPS) is 14.0. The van der Waals surface area contributed by atoms with Crippen molar-refractivity contribution < 1.29 is 24.1 Å². The molecular formula is C18H19NO5. The molecule has 0 bridgehead atoms. The molecule has 0 aromatic heterocycles. The van der Waals surface area contributed by atoms with Crippen molar-refractivity contribution in [2.75, 3.05) is 20.3 Å². The van der Waals surface area contributed by atoms with Crippen molar-refractivity contribution in [3.8, 4) is 17.2 Å². The van der Waals surface area contributed by atoms with Crippen molar-refractivity contribution in [3.63, 3.8) is 0 Å². The number of aliphatic carboxylic acids is 1. The van der Waals surface area contributed by atoms with E-state index in [4.69, 9.17) is 14.2 Å². The lowest BCUT2D eigenvalue weighted by atomic mass is 10.1. The fraction of sp³-hybridized carbons (Fsp3) is 0.278. The Hall–Kier alpha value is -2.73. The SMILES string of the molecule is COc1cc(CN[C@@H](C(=O)O)c2ccccc2)cc2c1OCCO2. The maximum atomic E-state index is 11.5. The lowest BCUT2D eigenvalue weighted by molar-refractivity contribution is -0.139. The predicted molar refractivity (Wildman–Crippen MR) is 87.6 cm³/mol.